The number of nitrogens with zero attached hydrogens (tertiary/aromatic N) is 1. The first kappa shape index (κ1) is 17.0. The maximum Gasteiger partial charge on any atom is 0.205 e. The summed E-state index contributed by atoms with van der Waals surface area (Å²) in [5.74, 6) is -0.294. The van der Waals surface area contributed by atoms with E-state index in [2.05, 4.69) is 22.0 Å². The zero-order valence-corrected chi connectivity index (χ0v) is 15.1. The molecule has 3 rings (SSSR count). The molecule has 0 bridgehead atoms. The Bertz CT molecular complexity index is 940. The van der Waals surface area contributed by atoms with Crippen LogP contribution in [-0.2, 0) is 4.74 Å². The third-order valence-electron chi connectivity index (χ3n) is 4.07. The molecular weight excluding hydrogens is 380 g/mol. The summed E-state index contributed by atoms with van der Waals surface area (Å²) in [6.07, 6.45) is 0. The van der Waals surface area contributed by atoms with Gasteiger partial charge in [-0.25, -0.2) is 0 Å². The second kappa shape index (κ2) is 6.96. The lowest BCUT2D eigenvalue weighted by molar-refractivity contribution is 0.101. The average molecular weight is 395 g/mol. The van der Waals surface area contributed by atoms with E-state index in [4.69, 9.17) is 10.5 Å². The third-order valence-corrected chi connectivity index (χ3v) is 4.56. The first-order valence-electron chi connectivity index (χ1n) is 7.66. The van der Waals surface area contributed by atoms with Gasteiger partial charge in [-0.2, -0.15) is 5.26 Å². The number of carbonyl (C=O) groups is 1. The van der Waals surface area contributed by atoms with Gasteiger partial charge in [0.1, 0.15) is 17.4 Å². The number of nitriles is 1. The number of allylic oxidation sites excluding steroid dienone is 3. The van der Waals surface area contributed by atoms with Crippen LogP contribution in [0.3, 0.4) is 0 Å². The number of benzene rings is 2. The monoisotopic (exact) mass is 394 g/mol. The summed E-state index contributed by atoms with van der Waals surface area (Å²) < 4.78 is 6.37. The molecule has 1 aliphatic heterocycles. The molecule has 0 aromatic heterocycles. The van der Waals surface area contributed by atoms with E-state index in [9.17, 15) is 10.1 Å². The van der Waals surface area contributed by atoms with Crippen LogP contribution in [0.25, 0.3) is 0 Å². The molecule has 0 aliphatic carbocycles. The van der Waals surface area contributed by atoms with Crippen molar-refractivity contribution in [3.63, 3.8) is 0 Å². The first-order chi connectivity index (χ1) is 12.0. The van der Waals surface area contributed by atoms with Crippen molar-refractivity contribution >= 4 is 21.7 Å². The number of ether oxygens (including phenoxy) is 1. The third kappa shape index (κ3) is 3.21. The Morgan fingerprint density at radius 3 is 2.56 bits per heavy atom. The van der Waals surface area contributed by atoms with Crippen LogP contribution < -0.4 is 5.73 Å². The van der Waals surface area contributed by atoms with Crippen molar-refractivity contribution in [3.05, 3.63) is 93.0 Å². The van der Waals surface area contributed by atoms with Gasteiger partial charge in [0.05, 0.1) is 11.5 Å². The van der Waals surface area contributed by atoms with Crippen LogP contribution in [0.15, 0.2) is 81.9 Å². The van der Waals surface area contributed by atoms with E-state index in [-0.39, 0.29) is 17.2 Å². The molecule has 0 saturated heterocycles. The molecule has 5 heteroatoms. The van der Waals surface area contributed by atoms with Crippen LogP contribution >= 0.6 is 15.9 Å². The van der Waals surface area contributed by atoms with Gasteiger partial charge in [-0.3, -0.25) is 4.79 Å². The standard InChI is InChI=1S/C20H15BrN2O2/c1-12-17(19(24)13-6-3-2-4-7-13)18(16(11-22)20(23)25-12)14-8-5-9-15(21)10-14/h2-10,18H,23H2,1H3/t18-/m0/s1. The highest BCUT2D eigenvalue weighted by atomic mass is 79.9. The molecule has 25 heavy (non-hydrogen) atoms. The molecule has 2 aromatic carbocycles. The first-order valence-corrected chi connectivity index (χ1v) is 8.45. The maximum absolute atomic E-state index is 13.1. The normalized spacial score (nSPS) is 17.1. The molecule has 0 fully saturated rings. The lowest BCUT2D eigenvalue weighted by Crippen LogP contribution is -2.24. The Kier molecular flexibility index (Phi) is 4.73. The zero-order chi connectivity index (χ0) is 18.0. The fourth-order valence-corrected chi connectivity index (χ4v) is 3.36. The van der Waals surface area contributed by atoms with E-state index in [1.54, 1.807) is 31.2 Å². The van der Waals surface area contributed by atoms with Crippen molar-refractivity contribution in [1.29, 1.82) is 5.26 Å². The van der Waals surface area contributed by atoms with Crippen LogP contribution in [0.5, 0.6) is 0 Å². The predicted molar refractivity (Wildman–Crippen MR) is 98.3 cm³/mol. The SMILES string of the molecule is CC1=C(C(=O)c2ccccc2)[C@@H](c2cccc(Br)c2)C(C#N)=C(N)O1. The van der Waals surface area contributed by atoms with E-state index in [0.29, 0.717) is 16.9 Å². The fraction of sp³-hybridized carbons (Fsp3) is 0.100. The smallest absolute Gasteiger partial charge is 0.205 e. The van der Waals surface area contributed by atoms with Gasteiger partial charge in [0.25, 0.3) is 0 Å². The summed E-state index contributed by atoms with van der Waals surface area (Å²) in [5.41, 5.74) is 7.93. The van der Waals surface area contributed by atoms with Gasteiger partial charge in [-0.05, 0) is 24.6 Å². The number of hydrogen-bond acceptors (Lipinski definition) is 4. The summed E-state index contributed by atoms with van der Waals surface area (Å²) in [6.45, 7) is 1.70. The molecule has 0 spiro atoms. The summed E-state index contributed by atoms with van der Waals surface area (Å²) in [5, 5.41) is 9.61. The van der Waals surface area contributed by atoms with Crippen molar-refractivity contribution in [3.8, 4) is 6.07 Å². The number of Topliss-reactive ketones (excluding diaryl/α,β-unsaturated/α-hetero) is 1. The van der Waals surface area contributed by atoms with Crippen molar-refractivity contribution in [2.45, 2.75) is 12.8 Å². The number of halogens is 1. The lowest BCUT2D eigenvalue weighted by Gasteiger charge is -2.27. The Hall–Kier alpha value is -2.84. The van der Waals surface area contributed by atoms with E-state index in [1.807, 2.05) is 30.3 Å². The van der Waals surface area contributed by atoms with E-state index >= 15 is 0 Å². The van der Waals surface area contributed by atoms with Crippen molar-refractivity contribution < 1.29 is 9.53 Å². The van der Waals surface area contributed by atoms with Gasteiger partial charge in [-0.1, -0.05) is 58.4 Å². The minimum atomic E-state index is -0.566. The second-order valence-corrected chi connectivity index (χ2v) is 6.56. The second-order valence-electron chi connectivity index (χ2n) is 5.64. The molecule has 0 saturated carbocycles. The summed E-state index contributed by atoms with van der Waals surface area (Å²) in [7, 11) is 0. The highest BCUT2D eigenvalue weighted by Crippen LogP contribution is 2.40. The summed E-state index contributed by atoms with van der Waals surface area (Å²) in [6, 6.07) is 18.5. The average Bonchev–Trinajstić information content (AvgIpc) is 2.61. The Labute approximate surface area is 154 Å². The molecule has 2 N–H and O–H groups in total. The topological polar surface area (TPSA) is 76.1 Å². The van der Waals surface area contributed by atoms with Gasteiger partial charge >= 0.3 is 0 Å². The minimum Gasteiger partial charge on any atom is -0.445 e. The number of hydrogen-bond donors (Lipinski definition) is 1. The minimum absolute atomic E-state index is 0.0367. The van der Waals surface area contributed by atoms with Crippen molar-refractivity contribution in [1.82, 2.24) is 0 Å². The highest BCUT2D eigenvalue weighted by Gasteiger charge is 2.35. The van der Waals surface area contributed by atoms with Crippen LogP contribution in [0.2, 0.25) is 0 Å². The van der Waals surface area contributed by atoms with Crippen LogP contribution in [-0.4, -0.2) is 5.78 Å². The number of carbonyl (C=O) groups excluding carboxylic acids is 1. The summed E-state index contributed by atoms with van der Waals surface area (Å²) >= 11 is 3.44. The molecule has 0 amide bonds. The Morgan fingerprint density at radius 1 is 1.20 bits per heavy atom. The fourth-order valence-electron chi connectivity index (χ4n) is 2.94. The molecule has 0 radical (unpaired) electrons. The van der Waals surface area contributed by atoms with Crippen molar-refractivity contribution in [2.24, 2.45) is 5.73 Å². The Morgan fingerprint density at radius 2 is 1.92 bits per heavy atom. The van der Waals surface area contributed by atoms with Crippen LogP contribution in [0.1, 0.15) is 28.8 Å². The molecule has 0 unspecified atom stereocenters. The molecule has 1 heterocycles. The molecule has 1 aliphatic rings. The number of rotatable bonds is 3. The highest BCUT2D eigenvalue weighted by molar-refractivity contribution is 9.10. The molecule has 124 valence electrons. The van der Waals surface area contributed by atoms with Crippen LogP contribution in [0, 0.1) is 11.3 Å². The predicted octanol–water partition coefficient (Wildman–Crippen LogP) is 4.41. The lowest BCUT2D eigenvalue weighted by atomic mass is 9.80. The van der Waals surface area contributed by atoms with Crippen molar-refractivity contribution in [2.75, 3.05) is 0 Å². The molecule has 1 atom stereocenters. The molecular formula is C20H15BrN2O2. The van der Waals surface area contributed by atoms with Gasteiger partial charge in [0.15, 0.2) is 5.78 Å². The van der Waals surface area contributed by atoms with E-state index < -0.39 is 5.92 Å². The van der Waals surface area contributed by atoms with Gasteiger partial charge in [-0.15, -0.1) is 0 Å². The number of ketones is 1. The largest absolute Gasteiger partial charge is 0.445 e. The number of nitrogens with two attached hydrogens (primary N) is 1. The zero-order valence-electron chi connectivity index (χ0n) is 13.5. The maximum atomic E-state index is 13.1. The quantitative estimate of drug-likeness (QED) is 0.781. The van der Waals surface area contributed by atoms with E-state index in [0.717, 1.165) is 10.0 Å². The summed E-state index contributed by atoms with van der Waals surface area (Å²) in [4.78, 5) is 13.1. The van der Waals surface area contributed by atoms with Crippen LogP contribution in [0.4, 0.5) is 0 Å². The van der Waals surface area contributed by atoms with Gasteiger partial charge in [0.2, 0.25) is 5.88 Å². The molecule has 2 aromatic rings. The van der Waals surface area contributed by atoms with Gasteiger partial charge in [0, 0.05) is 10.0 Å². The Balaban J connectivity index is 2.19. The van der Waals surface area contributed by atoms with E-state index in [1.165, 1.54) is 0 Å². The molecule has 4 nitrogen and oxygen atoms in total. The van der Waals surface area contributed by atoms with Gasteiger partial charge < -0.3 is 10.5 Å².